The Balaban J connectivity index is 2.07. The van der Waals surface area contributed by atoms with Gasteiger partial charge in [-0.05, 0) is 26.2 Å². The second-order valence-electron chi connectivity index (χ2n) is 4.97. The quantitative estimate of drug-likeness (QED) is 0.710. The molecule has 0 radical (unpaired) electrons. The van der Waals surface area contributed by atoms with Crippen LogP contribution >= 0.6 is 0 Å². The Kier molecular flexibility index (Phi) is 7.21. The van der Waals surface area contributed by atoms with Gasteiger partial charge in [0.2, 0.25) is 5.91 Å². The van der Waals surface area contributed by atoms with Gasteiger partial charge in [-0.1, -0.05) is 19.3 Å². The van der Waals surface area contributed by atoms with Crippen LogP contribution in [-0.2, 0) is 9.53 Å². The van der Waals surface area contributed by atoms with Gasteiger partial charge in [-0.25, -0.2) is 0 Å². The summed E-state index contributed by atoms with van der Waals surface area (Å²) in [5.41, 5.74) is 0. The predicted molar refractivity (Wildman–Crippen MR) is 69.0 cm³/mol. The van der Waals surface area contributed by atoms with Crippen LogP contribution in [0.5, 0.6) is 0 Å². The highest BCUT2D eigenvalue weighted by molar-refractivity contribution is 5.78. The third-order valence-corrected chi connectivity index (χ3v) is 3.34. The first-order chi connectivity index (χ1) is 8.22. The molecule has 4 nitrogen and oxygen atoms in total. The maximum absolute atomic E-state index is 11.7. The van der Waals surface area contributed by atoms with E-state index in [1.807, 2.05) is 0 Å². The van der Waals surface area contributed by atoms with Crippen LogP contribution in [0.2, 0.25) is 0 Å². The molecule has 1 amide bonds. The van der Waals surface area contributed by atoms with Gasteiger partial charge in [-0.2, -0.15) is 0 Å². The Labute approximate surface area is 104 Å². The number of carbonyl (C=O) groups excluding carboxylic acids is 1. The number of rotatable bonds is 7. The molecule has 0 aromatic heterocycles. The molecule has 0 aliphatic heterocycles. The third kappa shape index (κ3) is 6.64. The highest BCUT2D eigenvalue weighted by Gasteiger charge is 2.15. The highest BCUT2D eigenvalue weighted by Crippen LogP contribution is 2.17. The van der Waals surface area contributed by atoms with Gasteiger partial charge < -0.3 is 15.4 Å². The molecule has 1 rings (SSSR count). The molecular formula is C13H26N2O2. The van der Waals surface area contributed by atoms with Crippen LogP contribution in [0.25, 0.3) is 0 Å². The molecule has 1 atom stereocenters. The van der Waals surface area contributed by atoms with Crippen molar-refractivity contribution in [2.75, 3.05) is 20.3 Å². The maximum Gasteiger partial charge on any atom is 0.234 e. The fourth-order valence-corrected chi connectivity index (χ4v) is 2.19. The number of ether oxygens (including phenoxy) is 1. The van der Waals surface area contributed by atoms with E-state index in [1.165, 1.54) is 19.3 Å². The molecular weight excluding hydrogens is 216 g/mol. The SMILES string of the molecule is COCCC(C)NCC(=O)NC1CCCCC1. The normalized spacial score (nSPS) is 18.9. The highest BCUT2D eigenvalue weighted by atomic mass is 16.5. The van der Waals surface area contributed by atoms with Crippen molar-refractivity contribution in [2.45, 2.75) is 57.5 Å². The Morgan fingerprint density at radius 3 is 2.71 bits per heavy atom. The molecule has 0 aromatic rings. The summed E-state index contributed by atoms with van der Waals surface area (Å²) in [7, 11) is 1.70. The average molecular weight is 242 g/mol. The van der Waals surface area contributed by atoms with Crippen molar-refractivity contribution in [1.82, 2.24) is 10.6 Å². The fourth-order valence-electron chi connectivity index (χ4n) is 2.19. The standard InChI is InChI=1S/C13H26N2O2/c1-11(8-9-17-2)14-10-13(16)15-12-6-4-3-5-7-12/h11-12,14H,3-10H2,1-2H3,(H,15,16). The van der Waals surface area contributed by atoms with Gasteiger partial charge in [0.15, 0.2) is 0 Å². The zero-order valence-corrected chi connectivity index (χ0v) is 11.1. The van der Waals surface area contributed by atoms with Crippen molar-refractivity contribution < 1.29 is 9.53 Å². The summed E-state index contributed by atoms with van der Waals surface area (Å²) >= 11 is 0. The number of carbonyl (C=O) groups is 1. The van der Waals surface area contributed by atoms with Crippen LogP contribution in [0.4, 0.5) is 0 Å². The lowest BCUT2D eigenvalue weighted by Gasteiger charge is -2.23. The molecule has 1 saturated carbocycles. The molecule has 0 spiro atoms. The average Bonchev–Trinajstić information content (AvgIpc) is 2.35. The molecule has 4 heteroatoms. The van der Waals surface area contributed by atoms with Crippen molar-refractivity contribution in [3.05, 3.63) is 0 Å². The number of hydrogen-bond donors (Lipinski definition) is 2. The van der Waals surface area contributed by atoms with Crippen LogP contribution < -0.4 is 10.6 Å². The minimum Gasteiger partial charge on any atom is -0.385 e. The van der Waals surface area contributed by atoms with E-state index in [1.54, 1.807) is 7.11 Å². The monoisotopic (exact) mass is 242 g/mol. The van der Waals surface area contributed by atoms with E-state index in [4.69, 9.17) is 4.74 Å². The van der Waals surface area contributed by atoms with E-state index in [0.717, 1.165) is 25.9 Å². The first-order valence-electron chi connectivity index (χ1n) is 6.74. The Morgan fingerprint density at radius 1 is 1.35 bits per heavy atom. The number of nitrogens with one attached hydrogen (secondary N) is 2. The lowest BCUT2D eigenvalue weighted by atomic mass is 9.95. The largest absolute Gasteiger partial charge is 0.385 e. The molecule has 1 fully saturated rings. The Morgan fingerprint density at radius 2 is 2.06 bits per heavy atom. The first-order valence-corrected chi connectivity index (χ1v) is 6.74. The maximum atomic E-state index is 11.7. The lowest BCUT2D eigenvalue weighted by molar-refractivity contribution is -0.121. The van der Waals surface area contributed by atoms with Crippen molar-refractivity contribution in [3.63, 3.8) is 0 Å². The fraction of sp³-hybridized carbons (Fsp3) is 0.923. The summed E-state index contributed by atoms with van der Waals surface area (Å²) < 4.78 is 5.00. The number of methoxy groups -OCH3 is 1. The van der Waals surface area contributed by atoms with Crippen molar-refractivity contribution in [1.29, 1.82) is 0 Å². The van der Waals surface area contributed by atoms with Crippen LogP contribution in [0.15, 0.2) is 0 Å². The smallest absolute Gasteiger partial charge is 0.234 e. The molecule has 1 unspecified atom stereocenters. The van der Waals surface area contributed by atoms with Gasteiger partial charge in [0.1, 0.15) is 0 Å². The van der Waals surface area contributed by atoms with Crippen LogP contribution in [0.1, 0.15) is 45.4 Å². The summed E-state index contributed by atoms with van der Waals surface area (Å²) in [6, 6.07) is 0.736. The molecule has 0 bridgehead atoms. The van der Waals surface area contributed by atoms with Crippen LogP contribution in [-0.4, -0.2) is 38.3 Å². The lowest BCUT2D eigenvalue weighted by Crippen LogP contribution is -2.43. The van der Waals surface area contributed by atoms with Crippen LogP contribution in [0.3, 0.4) is 0 Å². The molecule has 1 aliphatic rings. The van der Waals surface area contributed by atoms with Crippen molar-refractivity contribution >= 4 is 5.91 Å². The van der Waals surface area contributed by atoms with E-state index in [2.05, 4.69) is 17.6 Å². The molecule has 0 heterocycles. The minimum absolute atomic E-state index is 0.126. The van der Waals surface area contributed by atoms with E-state index in [9.17, 15) is 4.79 Å². The van der Waals surface area contributed by atoms with Crippen LogP contribution in [0, 0.1) is 0 Å². The summed E-state index contributed by atoms with van der Waals surface area (Å²) in [6.07, 6.45) is 7.05. The Bertz CT molecular complexity index is 215. The summed E-state index contributed by atoms with van der Waals surface area (Å²) in [4.78, 5) is 11.7. The predicted octanol–water partition coefficient (Wildman–Crippen LogP) is 1.45. The van der Waals surface area contributed by atoms with E-state index in [0.29, 0.717) is 18.6 Å². The van der Waals surface area contributed by atoms with Gasteiger partial charge in [-0.15, -0.1) is 0 Å². The molecule has 100 valence electrons. The van der Waals surface area contributed by atoms with Crippen molar-refractivity contribution in [3.8, 4) is 0 Å². The minimum atomic E-state index is 0.126. The van der Waals surface area contributed by atoms with E-state index >= 15 is 0 Å². The van der Waals surface area contributed by atoms with Gasteiger partial charge in [0.05, 0.1) is 6.54 Å². The van der Waals surface area contributed by atoms with E-state index < -0.39 is 0 Å². The summed E-state index contributed by atoms with van der Waals surface area (Å²) in [5.74, 6) is 0.126. The van der Waals surface area contributed by atoms with Gasteiger partial charge in [-0.3, -0.25) is 4.79 Å². The van der Waals surface area contributed by atoms with Gasteiger partial charge in [0.25, 0.3) is 0 Å². The molecule has 0 aromatic carbocycles. The zero-order valence-electron chi connectivity index (χ0n) is 11.1. The zero-order chi connectivity index (χ0) is 12.5. The van der Waals surface area contributed by atoms with Crippen molar-refractivity contribution in [2.24, 2.45) is 0 Å². The number of hydrogen-bond acceptors (Lipinski definition) is 3. The van der Waals surface area contributed by atoms with Gasteiger partial charge >= 0.3 is 0 Å². The molecule has 0 saturated heterocycles. The second-order valence-corrected chi connectivity index (χ2v) is 4.97. The third-order valence-electron chi connectivity index (χ3n) is 3.34. The molecule has 17 heavy (non-hydrogen) atoms. The topological polar surface area (TPSA) is 50.4 Å². The summed E-state index contributed by atoms with van der Waals surface area (Å²) in [5, 5.41) is 6.31. The summed E-state index contributed by atoms with van der Waals surface area (Å²) in [6.45, 7) is 3.23. The van der Waals surface area contributed by atoms with Gasteiger partial charge in [0, 0.05) is 25.8 Å². The molecule has 2 N–H and O–H groups in total. The molecule has 1 aliphatic carbocycles. The van der Waals surface area contributed by atoms with E-state index in [-0.39, 0.29) is 5.91 Å². The number of amides is 1. The first kappa shape index (κ1) is 14.5. The second kappa shape index (κ2) is 8.48. The Hall–Kier alpha value is -0.610.